The molecular weight excluding hydrogens is 266 g/mol. The fourth-order valence-electron chi connectivity index (χ4n) is 3.18. The molecule has 0 spiro atoms. The van der Waals surface area contributed by atoms with E-state index in [1.807, 2.05) is 13.8 Å². The summed E-state index contributed by atoms with van der Waals surface area (Å²) in [5.74, 6) is 0.859. The van der Waals surface area contributed by atoms with Gasteiger partial charge in [-0.3, -0.25) is 4.98 Å². The number of hydrogen-bond donors (Lipinski definition) is 1. The van der Waals surface area contributed by atoms with E-state index in [1.54, 1.807) is 0 Å². The predicted molar refractivity (Wildman–Crippen MR) is 89.4 cm³/mol. The number of anilines is 1. The van der Waals surface area contributed by atoms with Crippen LogP contribution in [0.5, 0.6) is 0 Å². The number of aryl methyl sites for hydroxylation is 2. The molecule has 110 valence electrons. The van der Waals surface area contributed by atoms with E-state index in [0.717, 1.165) is 36.0 Å². The Hall–Kier alpha value is -1.16. The molecule has 20 heavy (non-hydrogen) atoms. The average Bonchev–Trinajstić information content (AvgIpc) is 2.62. The standard InChI is InChI=1S/C16H25N3S/c1-4-13-6-5-8-19(9-7-13)14-10-11(2)18-12(3)15(14)16(17)20/h10,13H,4-9H2,1-3H3,(H2,17,20). The normalized spacial score (nSPS) is 19.8. The monoisotopic (exact) mass is 291 g/mol. The predicted octanol–water partition coefficient (Wildman–Crippen LogP) is 3.35. The maximum absolute atomic E-state index is 5.93. The lowest BCUT2D eigenvalue weighted by molar-refractivity contribution is 0.459. The Morgan fingerprint density at radius 2 is 2.15 bits per heavy atom. The van der Waals surface area contributed by atoms with Crippen LogP contribution in [0.1, 0.15) is 49.6 Å². The molecule has 1 fully saturated rings. The summed E-state index contributed by atoms with van der Waals surface area (Å²) in [5.41, 5.74) is 10.1. The number of aromatic nitrogens is 1. The first-order valence-electron chi connectivity index (χ1n) is 7.56. The van der Waals surface area contributed by atoms with Gasteiger partial charge in [0, 0.05) is 24.5 Å². The van der Waals surface area contributed by atoms with Crippen LogP contribution in [0.2, 0.25) is 0 Å². The van der Waals surface area contributed by atoms with E-state index in [9.17, 15) is 0 Å². The molecule has 0 bridgehead atoms. The van der Waals surface area contributed by atoms with Crippen molar-refractivity contribution in [3.05, 3.63) is 23.0 Å². The summed E-state index contributed by atoms with van der Waals surface area (Å²) in [4.78, 5) is 7.42. The van der Waals surface area contributed by atoms with Crippen LogP contribution in [0.3, 0.4) is 0 Å². The molecule has 1 unspecified atom stereocenters. The second-order valence-electron chi connectivity index (χ2n) is 5.80. The summed E-state index contributed by atoms with van der Waals surface area (Å²) < 4.78 is 0. The summed E-state index contributed by atoms with van der Waals surface area (Å²) in [6.07, 6.45) is 5.12. The van der Waals surface area contributed by atoms with Crippen LogP contribution in [0.4, 0.5) is 5.69 Å². The third kappa shape index (κ3) is 3.29. The van der Waals surface area contributed by atoms with Crippen LogP contribution < -0.4 is 10.6 Å². The molecule has 1 aliphatic rings. The zero-order valence-corrected chi connectivity index (χ0v) is 13.6. The van der Waals surface area contributed by atoms with E-state index in [-0.39, 0.29) is 0 Å². The van der Waals surface area contributed by atoms with Crippen LogP contribution in [0.15, 0.2) is 6.07 Å². The minimum atomic E-state index is 0.460. The van der Waals surface area contributed by atoms with Crippen molar-refractivity contribution in [1.82, 2.24) is 4.98 Å². The SMILES string of the molecule is CCC1CCCN(c2cc(C)nc(C)c2C(N)=S)CC1. The lowest BCUT2D eigenvalue weighted by atomic mass is 9.98. The summed E-state index contributed by atoms with van der Waals surface area (Å²) >= 11 is 5.24. The Bertz CT molecular complexity index is 499. The molecule has 1 aromatic heterocycles. The van der Waals surface area contributed by atoms with Crippen LogP contribution in [-0.2, 0) is 0 Å². The summed E-state index contributed by atoms with van der Waals surface area (Å²) in [6, 6.07) is 2.13. The van der Waals surface area contributed by atoms with Crippen molar-refractivity contribution in [2.75, 3.05) is 18.0 Å². The highest BCUT2D eigenvalue weighted by Crippen LogP contribution is 2.28. The lowest BCUT2D eigenvalue weighted by Gasteiger charge is -2.26. The summed E-state index contributed by atoms with van der Waals surface area (Å²) in [7, 11) is 0. The van der Waals surface area contributed by atoms with E-state index >= 15 is 0 Å². The Labute approximate surface area is 127 Å². The van der Waals surface area contributed by atoms with Gasteiger partial charge >= 0.3 is 0 Å². The lowest BCUT2D eigenvalue weighted by Crippen LogP contribution is -2.28. The Morgan fingerprint density at radius 3 is 2.80 bits per heavy atom. The molecule has 1 aromatic rings. The molecule has 2 rings (SSSR count). The minimum Gasteiger partial charge on any atom is -0.389 e. The van der Waals surface area contributed by atoms with Crippen LogP contribution in [-0.4, -0.2) is 23.1 Å². The highest BCUT2D eigenvalue weighted by Gasteiger charge is 2.20. The number of hydrogen-bond acceptors (Lipinski definition) is 3. The second kappa shape index (κ2) is 6.53. The van der Waals surface area contributed by atoms with Crippen molar-refractivity contribution in [2.45, 2.75) is 46.5 Å². The molecule has 1 aliphatic heterocycles. The van der Waals surface area contributed by atoms with E-state index in [1.165, 1.54) is 31.4 Å². The third-order valence-electron chi connectivity index (χ3n) is 4.32. The minimum absolute atomic E-state index is 0.460. The first-order valence-corrected chi connectivity index (χ1v) is 7.96. The smallest absolute Gasteiger partial charge is 0.107 e. The largest absolute Gasteiger partial charge is 0.389 e. The molecule has 2 heterocycles. The van der Waals surface area contributed by atoms with Crippen molar-refractivity contribution in [1.29, 1.82) is 0 Å². The van der Waals surface area contributed by atoms with E-state index in [0.29, 0.717) is 4.99 Å². The van der Waals surface area contributed by atoms with Gasteiger partial charge in [-0.25, -0.2) is 0 Å². The van der Waals surface area contributed by atoms with Gasteiger partial charge in [-0.2, -0.15) is 0 Å². The first kappa shape index (κ1) is 15.2. The number of nitrogens with two attached hydrogens (primary N) is 1. The second-order valence-corrected chi connectivity index (χ2v) is 6.24. The molecule has 4 heteroatoms. The fourth-order valence-corrected chi connectivity index (χ4v) is 3.43. The van der Waals surface area contributed by atoms with Gasteiger partial charge in [-0.1, -0.05) is 25.6 Å². The quantitative estimate of drug-likeness (QED) is 0.867. The zero-order chi connectivity index (χ0) is 14.7. The Morgan fingerprint density at radius 1 is 1.40 bits per heavy atom. The van der Waals surface area contributed by atoms with Gasteiger partial charge in [0.2, 0.25) is 0 Å². The van der Waals surface area contributed by atoms with Gasteiger partial charge < -0.3 is 10.6 Å². The highest BCUT2D eigenvalue weighted by molar-refractivity contribution is 7.80. The Kier molecular flexibility index (Phi) is 4.97. The van der Waals surface area contributed by atoms with Gasteiger partial charge in [0.05, 0.1) is 11.3 Å². The number of rotatable bonds is 3. The van der Waals surface area contributed by atoms with Crippen LogP contribution in [0.25, 0.3) is 0 Å². The molecule has 0 aliphatic carbocycles. The van der Waals surface area contributed by atoms with Crippen molar-refractivity contribution in [3.8, 4) is 0 Å². The Balaban J connectivity index is 2.34. The maximum Gasteiger partial charge on any atom is 0.107 e. The molecule has 0 amide bonds. The van der Waals surface area contributed by atoms with Crippen molar-refractivity contribution in [3.63, 3.8) is 0 Å². The third-order valence-corrected chi connectivity index (χ3v) is 4.52. The van der Waals surface area contributed by atoms with Crippen molar-refractivity contribution in [2.24, 2.45) is 11.7 Å². The van der Waals surface area contributed by atoms with Crippen LogP contribution in [0, 0.1) is 19.8 Å². The first-order chi connectivity index (χ1) is 9.52. The number of pyridine rings is 1. The van der Waals surface area contributed by atoms with Crippen molar-refractivity contribution < 1.29 is 0 Å². The summed E-state index contributed by atoms with van der Waals surface area (Å²) in [6.45, 7) is 8.51. The fraction of sp³-hybridized carbons (Fsp3) is 0.625. The molecule has 0 radical (unpaired) electrons. The molecule has 1 atom stereocenters. The average molecular weight is 291 g/mol. The molecule has 3 nitrogen and oxygen atoms in total. The van der Waals surface area contributed by atoms with E-state index < -0.39 is 0 Å². The van der Waals surface area contributed by atoms with Gasteiger partial charge in [0.15, 0.2) is 0 Å². The maximum atomic E-state index is 5.93. The van der Waals surface area contributed by atoms with Gasteiger partial charge in [-0.15, -0.1) is 0 Å². The molecule has 1 saturated heterocycles. The van der Waals surface area contributed by atoms with Gasteiger partial charge in [-0.05, 0) is 45.1 Å². The van der Waals surface area contributed by atoms with Gasteiger partial charge in [0.1, 0.15) is 4.99 Å². The summed E-state index contributed by atoms with van der Waals surface area (Å²) in [5, 5.41) is 0. The molecule has 0 saturated carbocycles. The molecular formula is C16H25N3S. The van der Waals surface area contributed by atoms with E-state index in [2.05, 4.69) is 22.9 Å². The topological polar surface area (TPSA) is 42.2 Å². The van der Waals surface area contributed by atoms with Crippen molar-refractivity contribution >= 4 is 22.9 Å². The van der Waals surface area contributed by atoms with Crippen LogP contribution >= 0.6 is 12.2 Å². The number of thiocarbonyl (C=S) groups is 1. The highest BCUT2D eigenvalue weighted by atomic mass is 32.1. The molecule has 0 aromatic carbocycles. The number of nitrogens with zero attached hydrogens (tertiary/aromatic N) is 2. The van der Waals surface area contributed by atoms with Gasteiger partial charge in [0.25, 0.3) is 0 Å². The molecule has 2 N–H and O–H groups in total. The van der Waals surface area contributed by atoms with E-state index in [4.69, 9.17) is 18.0 Å². The zero-order valence-electron chi connectivity index (χ0n) is 12.8.